The molecule has 75 valence electrons. The molecule has 0 aliphatic rings. The van der Waals surface area contributed by atoms with Gasteiger partial charge in [0.2, 0.25) is 0 Å². The van der Waals surface area contributed by atoms with E-state index in [9.17, 15) is 5.11 Å². The molecule has 1 radical (unpaired) electrons. The molecule has 15 heavy (non-hydrogen) atoms. The van der Waals surface area contributed by atoms with Crippen LogP contribution in [0.3, 0.4) is 0 Å². The topological polar surface area (TPSA) is 19.9 Å². The van der Waals surface area contributed by atoms with Crippen molar-refractivity contribution in [1.29, 1.82) is 0 Å². The van der Waals surface area contributed by atoms with Crippen LogP contribution in [0, 0.1) is 6.92 Å². The Morgan fingerprint density at radius 3 is 1.93 bits per heavy atom. The highest BCUT2D eigenvalue weighted by atomic mass is 16.3. The summed E-state index contributed by atoms with van der Waals surface area (Å²) in [7, 11) is 0. The maximum atomic E-state index is 12.0. The quantitative estimate of drug-likeness (QED) is 0.702. The Morgan fingerprint density at radius 1 is 0.800 bits per heavy atom. The zero-order chi connectivity index (χ0) is 10.7. The third-order valence-electron chi connectivity index (χ3n) is 2.48. The van der Waals surface area contributed by atoms with Crippen LogP contribution in [0.15, 0.2) is 54.6 Å². The lowest BCUT2D eigenvalue weighted by molar-refractivity contribution is 0.124. The largest absolute Gasteiger partial charge is 0.223 e. The molecule has 1 atom stereocenters. The van der Waals surface area contributed by atoms with E-state index in [0.29, 0.717) is 0 Å². The molecular formula is C14H13O. The second kappa shape index (κ2) is 4.28. The van der Waals surface area contributed by atoms with Crippen LogP contribution >= 0.6 is 0 Å². The zero-order valence-corrected chi connectivity index (χ0v) is 8.68. The summed E-state index contributed by atoms with van der Waals surface area (Å²) in [4.78, 5) is 0. The fraction of sp³-hybridized carbons (Fsp3) is 0.143. The average Bonchev–Trinajstić information content (AvgIpc) is 2.30. The smallest absolute Gasteiger partial charge is 0.143 e. The van der Waals surface area contributed by atoms with Crippen molar-refractivity contribution in [3.63, 3.8) is 0 Å². The van der Waals surface area contributed by atoms with Gasteiger partial charge in [0.1, 0.15) is 6.10 Å². The first kappa shape index (κ1) is 9.94. The van der Waals surface area contributed by atoms with Gasteiger partial charge in [0.15, 0.2) is 0 Å². The normalized spacial score (nSPS) is 12.4. The number of benzene rings is 2. The van der Waals surface area contributed by atoms with Gasteiger partial charge in [0, 0.05) is 0 Å². The number of rotatable bonds is 2. The predicted octanol–water partition coefficient (Wildman–Crippen LogP) is 3.51. The van der Waals surface area contributed by atoms with Crippen LogP contribution in [0.4, 0.5) is 0 Å². The van der Waals surface area contributed by atoms with Crippen LogP contribution in [0.1, 0.15) is 22.8 Å². The Kier molecular flexibility index (Phi) is 2.84. The molecule has 0 spiro atoms. The molecule has 0 saturated carbocycles. The summed E-state index contributed by atoms with van der Waals surface area (Å²) in [5, 5.41) is 12.0. The van der Waals surface area contributed by atoms with Crippen LogP contribution in [-0.2, 0) is 5.11 Å². The molecule has 0 aromatic heterocycles. The first-order valence-corrected chi connectivity index (χ1v) is 5.05. The van der Waals surface area contributed by atoms with E-state index < -0.39 is 6.10 Å². The summed E-state index contributed by atoms with van der Waals surface area (Å²) in [5.41, 5.74) is 2.83. The molecule has 0 bridgehead atoms. The van der Waals surface area contributed by atoms with Gasteiger partial charge in [-0.25, -0.2) is 5.11 Å². The molecule has 2 rings (SSSR count). The van der Waals surface area contributed by atoms with Crippen molar-refractivity contribution >= 4 is 0 Å². The van der Waals surface area contributed by atoms with Crippen LogP contribution in [0.2, 0.25) is 0 Å². The van der Waals surface area contributed by atoms with Gasteiger partial charge < -0.3 is 0 Å². The molecule has 0 aliphatic carbocycles. The van der Waals surface area contributed by atoms with E-state index in [1.807, 2.05) is 61.5 Å². The molecule has 0 amide bonds. The van der Waals surface area contributed by atoms with Crippen molar-refractivity contribution in [3.8, 4) is 0 Å². The fourth-order valence-corrected chi connectivity index (χ4v) is 1.56. The average molecular weight is 197 g/mol. The summed E-state index contributed by atoms with van der Waals surface area (Å²) in [6.07, 6.45) is -0.771. The Hall–Kier alpha value is -1.60. The molecule has 0 N–H and O–H groups in total. The summed E-state index contributed by atoms with van der Waals surface area (Å²) in [5.74, 6) is 0. The second-order valence-electron chi connectivity index (χ2n) is 3.70. The van der Waals surface area contributed by atoms with Crippen molar-refractivity contribution in [1.82, 2.24) is 0 Å². The fourth-order valence-electron chi connectivity index (χ4n) is 1.56. The van der Waals surface area contributed by atoms with Gasteiger partial charge in [-0.2, -0.15) is 0 Å². The number of hydrogen-bond acceptors (Lipinski definition) is 0. The molecule has 1 unspecified atom stereocenters. The Balaban J connectivity index is 2.29. The Morgan fingerprint density at radius 2 is 1.33 bits per heavy atom. The van der Waals surface area contributed by atoms with E-state index in [-0.39, 0.29) is 0 Å². The molecule has 2 aromatic rings. The first-order valence-electron chi connectivity index (χ1n) is 5.05. The van der Waals surface area contributed by atoms with Crippen LogP contribution in [0.25, 0.3) is 0 Å². The summed E-state index contributed by atoms with van der Waals surface area (Å²) in [6.45, 7) is 2.02. The van der Waals surface area contributed by atoms with Crippen LogP contribution < -0.4 is 0 Å². The summed E-state index contributed by atoms with van der Waals surface area (Å²) >= 11 is 0. The highest BCUT2D eigenvalue weighted by molar-refractivity contribution is 5.31. The van der Waals surface area contributed by atoms with Crippen LogP contribution in [0.5, 0.6) is 0 Å². The van der Waals surface area contributed by atoms with Gasteiger partial charge >= 0.3 is 0 Å². The van der Waals surface area contributed by atoms with Crippen molar-refractivity contribution in [2.24, 2.45) is 0 Å². The third kappa shape index (κ3) is 2.25. The molecule has 0 saturated heterocycles. The molecule has 0 fully saturated rings. The van der Waals surface area contributed by atoms with Crippen molar-refractivity contribution in [3.05, 3.63) is 71.3 Å². The molecular weight excluding hydrogens is 184 g/mol. The lowest BCUT2D eigenvalue weighted by Gasteiger charge is -2.08. The van der Waals surface area contributed by atoms with Crippen molar-refractivity contribution in [2.75, 3.05) is 0 Å². The first-order chi connectivity index (χ1) is 7.27. The standard InChI is InChI=1S/C14H13O/c1-11-7-9-13(10-8-11)14(15)12-5-3-2-4-6-12/h2-10,14H,1H3. The van der Waals surface area contributed by atoms with Gasteiger partial charge in [-0.1, -0.05) is 60.2 Å². The molecule has 0 heterocycles. The van der Waals surface area contributed by atoms with Gasteiger partial charge in [-0.15, -0.1) is 0 Å². The van der Waals surface area contributed by atoms with E-state index >= 15 is 0 Å². The number of aryl methyl sites for hydroxylation is 1. The molecule has 1 heteroatoms. The highest BCUT2D eigenvalue weighted by Crippen LogP contribution is 2.22. The maximum Gasteiger partial charge on any atom is 0.143 e. The second-order valence-corrected chi connectivity index (χ2v) is 3.70. The van der Waals surface area contributed by atoms with Crippen LogP contribution in [-0.4, -0.2) is 0 Å². The lowest BCUT2D eigenvalue weighted by atomic mass is 10.0. The van der Waals surface area contributed by atoms with E-state index in [1.54, 1.807) is 0 Å². The van der Waals surface area contributed by atoms with Gasteiger partial charge in [0.05, 0.1) is 0 Å². The summed E-state index contributed by atoms with van der Waals surface area (Å²) < 4.78 is 0. The highest BCUT2D eigenvalue weighted by Gasteiger charge is 2.10. The van der Waals surface area contributed by atoms with Gasteiger partial charge in [0.25, 0.3) is 0 Å². The Bertz CT molecular complexity index is 417. The van der Waals surface area contributed by atoms with E-state index in [2.05, 4.69) is 0 Å². The zero-order valence-electron chi connectivity index (χ0n) is 8.68. The van der Waals surface area contributed by atoms with Crippen molar-refractivity contribution < 1.29 is 5.11 Å². The van der Waals surface area contributed by atoms with Crippen molar-refractivity contribution in [2.45, 2.75) is 13.0 Å². The third-order valence-corrected chi connectivity index (χ3v) is 2.48. The van der Waals surface area contributed by atoms with E-state index in [4.69, 9.17) is 0 Å². The minimum Gasteiger partial charge on any atom is -0.223 e. The molecule has 2 aromatic carbocycles. The SMILES string of the molecule is Cc1ccc(C([O])c2ccccc2)cc1. The van der Waals surface area contributed by atoms with Gasteiger partial charge in [-0.3, -0.25) is 0 Å². The number of hydrogen-bond donors (Lipinski definition) is 0. The monoisotopic (exact) mass is 197 g/mol. The van der Waals surface area contributed by atoms with E-state index in [0.717, 1.165) is 11.1 Å². The van der Waals surface area contributed by atoms with Gasteiger partial charge in [-0.05, 0) is 18.1 Å². The molecule has 1 nitrogen and oxygen atoms in total. The lowest BCUT2D eigenvalue weighted by Crippen LogP contribution is -1.97. The Labute approximate surface area is 90.0 Å². The maximum absolute atomic E-state index is 12.0. The minimum atomic E-state index is -0.771. The van der Waals surface area contributed by atoms with E-state index in [1.165, 1.54) is 5.56 Å². The molecule has 0 aliphatic heterocycles. The summed E-state index contributed by atoms with van der Waals surface area (Å²) in [6, 6.07) is 17.2. The minimum absolute atomic E-state index is 0.771. The predicted molar refractivity (Wildman–Crippen MR) is 60.2 cm³/mol.